The number of methoxy groups -OCH3 is 1. The van der Waals surface area contributed by atoms with Crippen molar-refractivity contribution in [3.05, 3.63) is 168 Å². The fraction of sp³-hybridized carbons (Fsp3) is 0.348. The molecule has 0 radical (unpaired) electrons. The Hall–Kier alpha value is -3.73. The summed E-state index contributed by atoms with van der Waals surface area (Å²) in [6.07, 6.45) is -2.17. The van der Waals surface area contributed by atoms with Crippen LogP contribution in [0.1, 0.15) is 49.9 Å². The maximum atomic E-state index is 12.9. The molecule has 0 amide bonds. The molecule has 1 aliphatic heterocycles. The molecule has 1 fully saturated rings. The predicted molar refractivity (Wildman–Crippen MR) is 220 cm³/mol. The monoisotopic (exact) mass is 762 g/mol. The van der Waals surface area contributed by atoms with Crippen LogP contribution in [0.2, 0.25) is 18.1 Å². The van der Waals surface area contributed by atoms with Crippen LogP contribution < -0.4 is 4.74 Å². The minimum absolute atomic E-state index is 0.0670. The highest BCUT2D eigenvalue weighted by molar-refractivity contribution is 7.99. The van der Waals surface area contributed by atoms with Crippen LogP contribution in [0, 0.1) is 0 Å². The molecule has 284 valence electrons. The highest BCUT2D eigenvalue weighted by Crippen LogP contribution is 2.47. The maximum Gasteiger partial charge on any atom is 0.192 e. The smallest absolute Gasteiger partial charge is 0.192 e. The average Bonchev–Trinajstić information content (AvgIpc) is 3.18. The molecule has 0 bridgehead atoms. The van der Waals surface area contributed by atoms with Gasteiger partial charge in [-0.05, 0) is 71.6 Å². The van der Waals surface area contributed by atoms with Gasteiger partial charge in [0, 0.05) is 4.90 Å². The minimum Gasteiger partial charge on any atom is -0.497 e. The zero-order valence-electron chi connectivity index (χ0n) is 32.5. The van der Waals surface area contributed by atoms with E-state index < -0.39 is 43.3 Å². The first-order valence-electron chi connectivity index (χ1n) is 18.7. The SMILES string of the molecule is COc1cccc(CO[C@@H]2[C@@H](O[Si](C)(C)C(C)(C)C)[C@@](C)(O)[C@@H](COC(c3ccccc3)(c3ccccc3)c3ccccc3)O[C@H]2Sc2ccccc2)c1. The van der Waals surface area contributed by atoms with Crippen molar-refractivity contribution in [2.45, 2.75) is 92.3 Å². The number of hydrogen-bond donors (Lipinski definition) is 1. The van der Waals surface area contributed by atoms with Crippen LogP contribution in [0.3, 0.4) is 0 Å². The van der Waals surface area contributed by atoms with Gasteiger partial charge in [-0.2, -0.15) is 0 Å². The van der Waals surface area contributed by atoms with Gasteiger partial charge in [-0.1, -0.05) is 154 Å². The summed E-state index contributed by atoms with van der Waals surface area (Å²) < 4.78 is 34.0. The summed E-state index contributed by atoms with van der Waals surface area (Å²) in [4.78, 5) is 1.02. The standard InChI is InChI=1S/C46H54O6SSi/c1-44(2,3)54(6,7)52-42-41(49-32-34-21-20-28-38(31-34)48-5)43(53-39-29-18-11-19-30-39)51-40(45(42,4)47)33-50-46(35-22-12-8-13-23-35,36-24-14-9-15-25-36)37-26-16-10-17-27-37/h8-31,40-43,47H,32-33H2,1-7H3/t40-,41-,42-,43+,45+/m1/s1. The summed E-state index contributed by atoms with van der Waals surface area (Å²) in [5, 5.41) is 12.8. The first kappa shape index (κ1) is 39.9. The van der Waals surface area contributed by atoms with E-state index >= 15 is 0 Å². The van der Waals surface area contributed by atoms with Gasteiger partial charge in [0.2, 0.25) is 0 Å². The number of thioether (sulfide) groups is 1. The number of rotatable bonds is 14. The van der Waals surface area contributed by atoms with Crippen LogP contribution >= 0.6 is 11.8 Å². The Morgan fingerprint density at radius 2 is 1.26 bits per heavy atom. The summed E-state index contributed by atoms with van der Waals surface area (Å²) in [6, 6.07) is 48.9. The molecule has 5 aromatic rings. The molecule has 1 aliphatic rings. The van der Waals surface area contributed by atoms with Gasteiger partial charge in [-0.3, -0.25) is 0 Å². The van der Waals surface area contributed by atoms with Crippen molar-refractivity contribution in [3.8, 4) is 5.75 Å². The van der Waals surface area contributed by atoms with Gasteiger partial charge in [0.15, 0.2) is 8.32 Å². The van der Waals surface area contributed by atoms with E-state index in [1.165, 1.54) is 0 Å². The second-order valence-electron chi connectivity index (χ2n) is 15.7. The molecule has 0 spiro atoms. The first-order chi connectivity index (χ1) is 25.8. The topological polar surface area (TPSA) is 66.4 Å². The fourth-order valence-electron chi connectivity index (χ4n) is 6.74. The number of aliphatic hydroxyl groups is 1. The van der Waals surface area contributed by atoms with Gasteiger partial charge in [0.25, 0.3) is 0 Å². The lowest BCUT2D eigenvalue weighted by molar-refractivity contribution is -0.264. The summed E-state index contributed by atoms with van der Waals surface area (Å²) in [6.45, 7) is 13.2. The highest BCUT2D eigenvalue weighted by Gasteiger charge is 2.57. The van der Waals surface area contributed by atoms with E-state index in [1.807, 2.05) is 104 Å². The van der Waals surface area contributed by atoms with E-state index in [-0.39, 0.29) is 18.3 Å². The molecule has 6 nitrogen and oxygen atoms in total. The fourth-order valence-corrected chi connectivity index (χ4v) is 9.23. The third-order valence-electron chi connectivity index (χ3n) is 10.9. The van der Waals surface area contributed by atoms with E-state index in [9.17, 15) is 5.11 Å². The molecular weight excluding hydrogens is 709 g/mol. The number of ether oxygens (including phenoxy) is 4. The molecule has 1 N–H and O–H groups in total. The van der Waals surface area contributed by atoms with Crippen molar-refractivity contribution in [2.24, 2.45) is 0 Å². The van der Waals surface area contributed by atoms with Crippen LogP contribution in [0.25, 0.3) is 0 Å². The molecule has 5 atom stereocenters. The van der Waals surface area contributed by atoms with Crippen LogP contribution in [0.5, 0.6) is 5.75 Å². The van der Waals surface area contributed by atoms with E-state index in [0.29, 0.717) is 0 Å². The molecule has 1 saturated heterocycles. The third kappa shape index (κ3) is 8.71. The molecule has 0 saturated carbocycles. The van der Waals surface area contributed by atoms with E-state index in [1.54, 1.807) is 18.9 Å². The van der Waals surface area contributed by atoms with Crippen molar-refractivity contribution in [1.29, 1.82) is 0 Å². The average molecular weight is 763 g/mol. The summed E-state index contributed by atoms with van der Waals surface area (Å²) in [5.74, 6) is 0.753. The Kier molecular flexibility index (Phi) is 12.5. The lowest BCUT2D eigenvalue weighted by Crippen LogP contribution is -2.68. The van der Waals surface area contributed by atoms with Crippen molar-refractivity contribution in [1.82, 2.24) is 0 Å². The highest BCUT2D eigenvalue weighted by atomic mass is 32.2. The molecule has 0 aliphatic carbocycles. The Morgan fingerprint density at radius 3 is 1.76 bits per heavy atom. The molecule has 0 aromatic heterocycles. The Morgan fingerprint density at radius 1 is 0.741 bits per heavy atom. The van der Waals surface area contributed by atoms with Crippen LogP contribution in [0.15, 0.2) is 150 Å². The van der Waals surface area contributed by atoms with E-state index in [2.05, 4.69) is 82.4 Å². The van der Waals surface area contributed by atoms with Crippen LogP contribution in [-0.2, 0) is 30.8 Å². The lowest BCUT2D eigenvalue weighted by Gasteiger charge is -2.53. The van der Waals surface area contributed by atoms with Crippen molar-refractivity contribution >= 4 is 20.1 Å². The minimum atomic E-state index is -2.48. The summed E-state index contributed by atoms with van der Waals surface area (Å²) >= 11 is 1.58. The summed E-state index contributed by atoms with van der Waals surface area (Å²) in [5.41, 5.74) is 0.817. The first-order valence-corrected chi connectivity index (χ1v) is 22.5. The summed E-state index contributed by atoms with van der Waals surface area (Å²) in [7, 11) is -0.822. The second-order valence-corrected chi connectivity index (χ2v) is 21.6. The molecule has 5 aromatic carbocycles. The van der Waals surface area contributed by atoms with Crippen LogP contribution in [0.4, 0.5) is 0 Å². The van der Waals surface area contributed by atoms with Crippen LogP contribution in [-0.4, -0.2) is 56.5 Å². The van der Waals surface area contributed by atoms with E-state index in [0.717, 1.165) is 32.9 Å². The largest absolute Gasteiger partial charge is 0.497 e. The molecule has 0 unspecified atom stereocenters. The number of benzene rings is 5. The van der Waals surface area contributed by atoms with Crippen molar-refractivity contribution < 1.29 is 28.5 Å². The molecular formula is C46H54O6SSi. The Bertz CT molecular complexity index is 1800. The van der Waals surface area contributed by atoms with Crippen molar-refractivity contribution in [2.75, 3.05) is 13.7 Å². The third-order valence-corrected chi connectivity index (χ3v) is 16.5. The van der Waals surface area contributed by atoms with Gasteiger partial charge >= 0.3 is 0 Å². The van der Waals surface area contributed by atoms with Gasteiger partial charge in [0.05, 0.1) is 20.3 Å². The second kappa shape index (κ2) is 17.0. The molecule has 8 heteroatoms. The van der Waals surface area contributed by atoms with Gasteiger partial charge in [-0.25, -0.2) is 0 Å². The van der Waals surface area contributed by atoms with Gasteiger partial charge in [-0.15, -0.1) is 0 Å². The lowest BCUT2D eigenvalue weighted by atomic mass is 9.79. The van der Waals surface area contributed by atoms with Gasteiger partial charge < -0.3 is 28.5 Å². The molecule has 1 heterocycles. The molecule has 54 heavy (non-hydrogen) atoms. The Balaban J connectivity index is 1.44. The Labute approximate surface area is 326 Å². The predicted octanol–water partition coefficient (Wildman–Crippen LogP) is 10.2. The maximum absolute atomic E-state index is 12.9. The zero-order chi connectivity index (χ0) is 38.4. The van der Waals surface area contributed by atoms with Crippen molar-refractivity contribution in [3.63, 3.8) is 0 Å². The quantitative estimate of drug-likeness (QED) is 0.0893. The van der Waals surface area contributed by atoms with Gasteiger partial charge in [0.1, 0.15) is 40.7 Å². The van der Waals surface area contributed by atoms with E-state index in [4.69, 9.17) is 23.4 Å². The zero-order valence-corrected chi connectivity index (χ0v) is 34.3. The normalized spacial score (nSPS) is 22.1. The molecule has 6 rings (SSSR count). The number of hydrogen-bond acceptors (Lipinski definition) is 7.